The number of carbonyl (C=O) groups is 2. The molecule has 5 rings (SSSR count). The zero-order chi connectivity index (χ0) is 28.7. The Labute approximate surface area is 234 Å². The molecule has 3 fully saturated rings. The number of nitrogens with zero attached hydrogens (tertiary/aromatic N) is 3. The number of hydrogen-bond donors (Lipinski definition) is 2. The molecule has 0 unspecified atom stereocenters. The first-order valence-corrected chi connectivity index (χ1v) is 15.3. The molecule has 0 radical (unpaired) electrons. The van der Waals surface area contributed by atoms with Crippen LogP contribution in [0.25, 0.3) is 0 Å². The second kappa shape index (κ2) is 10.6. The zero-order valence-electron chi connectivity index (χ0n) is 23.2. The van der Waals surface area contributed by atoms with Gasteiger partial charge in [0.15, 0.2) is 0 Å². The first-order chi connectivity index (χ1) is 18.8. The van der Waals surface area contributed by atoms with E-state index >= 15 is 4.39 Å². The van der Waals surface area contributed by atoms with E-state index in [4.69, 9.17) is 9.47 Å². The molecular formula is C28H36FN5O5S. The van der Waals surface area contributed by atoms with E-state index in [1.807, 2.05) is 6.92 Å². The quantitative estimate of drug-likeness (QED) is 0.400. The Balaban J connectivity index is 1.21. The van der Waals surface area contributed by atoms with Crippen molar-refractivity contribution in [3.05, 3.63) is 42.0 Å². The summed E-state index contributed by atoms with van der Waals surface area (Å²) in [5.74, 6) is -0.282. The predicted molar refractivity (Wildman–Crippen MR) is 147 cm³/mol. The lowest BCUT2D eigenvalue weighted by atomic mass is 10.0. The summed E-state index contributed by atoms with van der Waals surface area (Å²) in [6.07, 6.45) is 7.54. The van der Waals surface area contributed by atoms with Crippen LogP contribution >= 0.6 is 0 Å². The summed E-state index contributed by atoms with van der Waals surface area (Å²) in [6, 6.07) is 4.09. The Hall–Kier alpha value is -3.28. The van der Waals surface area contributed by atoms with Crippen LogP contribution in [0.3, 0.4) is 0 Å². The molecule has 2 amide bonds. The molecule has 2 N–H and O–H groups in total. The normalized spacial score (nSPS) is 23.0. The smallest absolute Gasteiger partial charge is 0.442 e. The summed E-state index contributed by atoms with van der Waals surface area (Å²) in [7, 11) is -3.17. The van der Waals surface area contributed by atoms with E-state index in [1.54, 1.807) is 33.2 Å². The fraction of sp³-hybridized carbons (Fsp3) is 0.571. The molecule has 1 heterocycles. The van der Waals surface area contributed by atoms with Crippen molar-refractivity contribution >= 4 is 33.6 Å². The molecule has 3 saturated carbocycles. The van der Waals surface area contributed by atoms with Crippen LogP contribution in [0.4, 0.5) is 25.6 Å². The average Bonchev–Trinajstić information content (AvgIpc) is 3.79. The first-order valence-electron chi connectivity index (χ1n) is 13.7. The lowest BCUT2D eigenvalue weighted by Crippen LogP contribution is -2.36. The van der Waals surface area contributed by atoms with Crippen molar-refractivity contribution in [1.82, 2.24) is 15.3 Å². The van der Waals surface area contributed by atoms with Gasteiger partial charge in [-0.05, 0) is 102 Å². The molecule has 2 aromatic rings. The third-order valence-electron chi connectivity index (χ3n) is 7.31. The van der Waals surface area contributed by atoms with E-state index in [0.717, 1.165) is 37.3 Å². The van der Waals surface area contributed by atoms with Crippen molar-refractivity contribution in [2.75, 3.05) is 5.32 Å². The van der Waals surface area contributed by atoms with E-state index in [1.165, 1.54) is 12.1 Å². The molecule has 10 nitrogen and oxygen atoms in total. The summed E-state index contributed by atoms with van der Waals surface area (Å²) in [5.41, 5.74) is 0.139. The molecule has 40 heavy (non-hydrogen) atoms. The minimum Gasteiger partial charge on any atom is -0.446 e. The van der Waals surface area contributed by atoms with Crippen LogP contribution in [-0.2, 0) is 19.2 Å². The molecule has 3 aliphatic carbocycles. The van der Waals surface area contributed by atoms with Crippen LogP contribution in [0.1, 0.15) is 84.1 Å². The molecule has 3 atom stereocenters. The van der Waals surface area contributed by atoms with Gasteiger partial charge < -0.3 is 20.1 Å². The highest BCUT2D eigenvalue weighted by atomic mass is 32.2. The number of ether oxygens (including phenoxy) is 2. The van der Waals surface area contributed by atoms with E-state index in [-0.39, 0.29) is 45.4 Å². The van der Waals surface area contributed by atoms with E-state index in [0.29, 0.717) is 19.3 Å². The van der Waals surface area contributed by atoms with Gasteiger partial charge in [0.05, 0.1) is 20.3 Å². The number of anilines is 2. The monoisotopic (exact) mass is 573 g/mol. The molecular weight excluding hydrogens is 537 g/mol. The molecule has 0 bridgehead atoms. The molecule has 1 aromatic carbocycles. The van der Waals surface area contributed by atoms with Gasteiger partial charge in [-0.15, -0.1) is 4.36 Å². The highest BCUT2D eigenvalue weighted by Gasteiger charge is 2.40. The summed E-state index contributed by atoms with van der Waals surface area (Å²) in [4.78, 5) is 33.2. The van der Waals surface area contributed by atoms with Crippen LogP contribution in [0.5, 0.6) is 0 Å². The lowest BCUT2D eigenvalue weighted by molar-refractivity contribution is 0.0607. The van der Waals surface area contributed by atoms with Gasteiger partial charge in [-0.1, -0.05) is 0 Å². The van der Waals surface area contributed by atoms with Crippen LogP contribution in [-0.4, -0.2) is 48.9 Å². The molecule has 216 valence electrons. The number of carbonyl (C=O) groups excluding carboxylic acids is 2. The molecule has 3 aliphatic rings. The third kappa shape index (κ3) is 6.89. The molecule has 0 spiro atoms. The topological polar surface area (TPSA) is 132 Å². The Kier molecular flexibility index (Phi) is 7.49. The van der Waals surface area contributed by atoms with Crippen LogP contribution in [0.2, 0.25) is 0 Å². The predicted octanol–water partition coefficient (Wildman–Crippen LogP) is 6.20. The molecule has 0 saturated heterocycles. The van der Waals surface area contributed by atoms with Crippen molar-refractivity contribution < 1.29 is 27.7 Å². The molecule has 1 aromatic heterocycles. The van der Waals surface area contributed by atoms with E-state index in [9.17, 15) is 13.8 Å². The Morgan fingerprint density at radius 1 is 1.12 bits per heavy atom. The van der Waals surface area contributed by atoms with E-state index in [2.05, 4.69) is 25.0 Å². The molecule has 12 heteroatoms. The summed E-state index contributed by atoms with van der Waals surface area (Å²) in [5, 5.41) is 5.46. The number of hydrogen-bond acceptors (Lipinski definition) is 8. The number of alkyl carbamates (subject to hydrolysis) is 1. The largest absolute Gasteiger partial charge is 0.446 e. The maximum absolute atomic E-state index is 15.1. The summed E-state index contributed by atoms with van der Waals surface area (Å²) < 4.78 is 43.5. The van der Waals surface area contributed by atoms with Crippen molar-refractivity contribution in [1.29, 1.82) is 0 Å². The van der Waals surface area contributed by atoms with Gasteiger partial charge in [-0.2, -0.15) is 0 Å². The van der Waals surface area contributed by atoms with Gasteiger partial charge in [0.1, 0.15) is 17.5 Å². The SMILES string of the molecule is CC1(NC(=O)O[C@@H]2CC[C@H](c3cnc(Nc4ccc([S@](=O)(=NC(=O)OC(C)(C)C)C5CC5)cc4F)nc3)C2)CC1. The number of nitrogens with one attached hydrogen (secondary N) is 2. The minimum atomic E-state index is -3.17. The average molecular weight is 574 g/mol. The fourth-order valence-corrected chi connectivity index (χ4v) is 6.91. The highest BCUT2D eigenvalue weighted by Crippen LogP contribution is 2.38. The maximum Gasteiger partial charge on any atom is 0.442 e. The summed E-state index contributed by atoms with van der Waals surface area (Å²) in [6.45, 7) is 7.10. The van der Waals surface area contributed by atoms with Crippen molar-refractivity contribution in [2.45, 2.75) is 106 Å². The Morgan fingerprint density at radius 2 is 1.82 bits per heavy atom. The first kappa shape index (κ1) is 28.3. The second-order valence-corrected chi connectivity index (χ2v) is 14.6. The number of rotatable bonds is 7. The van der Waals surface area contributed by atoms with Crippen LogP contribution < -0.4 is 10.6 Å². The second-order valence-electron chi connectivity index (χ2n) is 12.2. The van der Waals surface area contributed by atoms with Gasteiger partial charge in [-0.3, -0.25) is 0 Å². The van der Waals surface area contributed by atoms with Crippen molar-refractivity contribution in [2.24, 2.45) is 4.36 Å². The minimum absolute atomic E-state index is 0.107. The van der Waals surface area contributed by atoms with Crippen molar-refractivity contribution in [3.8, 4) is 0 Å². The number of benzene rings is 1. The van der Waals surface area contributed by atoms with Gasteiger partial charge in [-0.25, -0.2) is 28.2 Å². The van der Waals surface area contributed by atoms with E-state index < -0.39 is 27.2 Å². The number of amides is 2. The molecule has 0 aliphatic heterocycles. The summed E-state index contributed by atoms with van der Waals surface area (Å²) >= 11 is 0. The Morgan fingerprint density at radius 3 is 2.42 bits per heavy atom. The lowest BCUT2D eigenvalue weighted by Gasteiger charge is -2.18. The van der Waals surface area contributed by atoms with Gasteiger partial charge in [0, 0.05) is 23.2 Å². The van der Waals surface area contributed by atoms with Gasteiger partial charge >= 0.3 is 12.2 Å². The van der Waals surface area contributed by atoms with Gasteiger partial charge in [0.25, 0.3) is 0 Å². The Bertz CT molecular complexity index is 1410. The number of halogens is 1. The maximum atomic E-state index is 15.1. The van der Waals surface area contributed by atoms with Crippen LogP contribution in [0.15, 0.2) is 39.9 Å². The third-order valence-corrected chi connectivity index (χ3v) is 10.0. The zero-order valence-corrected chi connectivity index (χ0v) is 24.1. The standard InChI is InChI=1S/C28H36FN5O5S/c1-27(2,3)39-26(36)34-40(37,20-7-8-20)21-9-10-23(22(29)14-21)32-24-30-15-18(16-31-24)17-5-6-19(13-17)38-25(35)33-28(4)11-12-28/h9-10,14-17,19-20H,5-8,11-13H2,1-4H3,(H,33,35)(H,30,31,32)/t17-,19+,40-/m0/s1. The van der Waals surface area contributed by atoms with Gasteiger partial charge in [0.2, 0.25) is 5.95 Å². The van der Waals surface area contributed by atoms with Crippen molar-refractivity contribution in [3.63, 3.8) is 0 Å². The number of aromatic nitrogens is 2. The van der Waals surface area contributed by atoms with Crippen LogP contribution in [0, 0.1) is 5.82 Å². The highest BCUT2D eigenvalue weighted by molar-refractivity contribution is 7.94. The fourth-order valence-electron chi connectivity index (χ4n) is 4.70.